The molecule has 1 saturated heterocycles. The summed E-state index contributed by atoms with van der Waals surface area (Å²) >= 11 is 0. The molecule has 0 unspecified atom stereocenters. The molecule has 88 valence electrons. The van der Waals surface area contributed by atoms with Crippen LogP contribution in [0.4, 0.5) is 5.82 Å². The van der Waals surface area contributed by atoms with E-state index < -0.39 is 0 Å². The minimum Gasteiger partial charge on any atom is -0.368 e. The Kier molecular flexibility index (Phi) is 3.35. The Morgan fingerprint density at radius 3 is 3.12 bits per heavy atom. The number of pyridine rings is 1. The molecule has 0 radical (unpaired) electrons. The highest BCUT2D eigenvalue weighted by Crippen LogP contribution is 2.15. The number of nitrogens with zero attached hydrogens (tertiary/aromatic N) is 2. The summed E-state index contributed by atoms with van der Waals surface area (Å²) in [7, 11) is 0. The summed E-state index contributed by atoms with van der Waals surface area (Å²) in [5, 5.41) is 11.5. The summed E-state index contributed by atoms with van der Waals surface area (Å²) in [6.07, 6.45) is 1.26. The molecule has 1 N–H and O–H groups in total. The Balaban J connectivity index is 2.10. The van der Waals surface area contributed by atoms with Crippen LogP contribution in [0.1, 0.15) is 24.1 Å². The van der Waals surface area contributed by atoms with Crippen molar-refractivity contribution in [2.75, 3.05) is 11.9 Å². The van der Waals surface area contributed by atoms with Crippen molar-refractivity contribution in [3.63, 3.8) is 0 Å². The number of carbonyl (C=O) groups is 1. The zero-order valence-corrected chi connectivity index (χ0v) is 9.56. The van der Waals surface area contributed by atoms with E-state index in [-0.39, 0.29) is 12.0 Å². The lowest BCUT2D eigenvalue weighted by molar-refractivity contribution is -0.124. The third kappa shape index (κ3) is 2.80. The molecule has 5 nitrogen and oxygen atoms in total. The molecular formula is C12H13N3O2. The van der Waals surface area contributed by atoms with Gasteiger partial charge >= 0.3 is 0 Å². The van der Waals surface area contributed by atoms with E-state index in [4.69, 9.17) is 10.00 Å². The standard InChI is InChI=1S/C12H13N3O2/c1-8-5-9(7-13)6-11(14-8)15-12(16)10-3-2-4-17-10/h5-6,10H,2-4H2,1H3,(H,14,15,16)/t10-/m1/s1. The van der Waals surface area contributed by atoms with E-state index in [2.05, 4.69) is 10.3 Å². The van der Waals surface area contributed by atoms with E-state index in [0.29, 0.717) is 23.7 Å². The molecule has 2 heterocycles. The van der Waals surface area contributed by atoms with Crippen molar-refractivity contribution in [3.8, 4) is 6.07 Å². The molecular weight excluding hydrogens is 218 g/mol. The van der Waals surface area contributed by atoms with E-state index in [1.165, 1.54) is 0 Å². The molecule has 0 saturated carbocycles. The number of aromatic nitrogens is 1. The van der Waals surface area contributed by atoms with Crippen molar-refractivity contribution >= 4 is 11.7 Å². The monoisotopic (exact) mass is 231 g/mol. The minimum atomic E-state index is -0.386. The molecule has 1 amide bonds. The normalized spacial score (nSPS) is 18.7. The molecule has 0 spiro atoms. The van der Waals surface area contributed by atoms with Crippen molar-refractivity contribution in [3.05, 3.63) is 23.4 Å². The highest BCUT2D eigenvalue weighted by atomic mass is 16.5. The van der Waals surface area contributed by atoms with Gasteiger partial charge < -0.3 is 10.1 Å². The van der Waals surface area contributed by atoms with E-state index in [0.717, 1.165) is 12.8 Å². The number of anilines is 1. The molecule has 0 aromatic carbocycles. The molecule has 0 aliphatic carbocycles. The number of ether oxygens (including phenoxy) is 1. The third-order valence-corrected chi connectivity index (χ3v) is 2.56. The van der Waals surface area contributed by atoms with Crippen LogP contribution < -0.4 is 5.32 Å². The highest BCUT2D eigenvalue weighted by Gasteiger charge is 2.23. The number of rotatable bonds is 2. The van der Waals surface area contributed by atoms with Crippen molar-refractivity contribution < 1.29 is 9.53 Å². The first-order valence-corrected chi connectivity index (χ1v) is 5.50. The Labute approximate surface area is 99.4 Å². The summed E-state index contributed by atoms with van der Waals surface area (Å²) in [5.74, 6) is 0.214. The fourth-order valence-corrected chi connectivity index (χ4v) is 1.79. The average molecular weight is 231 g/mol. The fraction of sp³-hybridized carbons (Fsp3) is 0.417. The lowest BCUT2D eigenvalue weighted by Crippen LogP contribution is -2.27. The van der Waals surface area contributed by atoms with Crippen molar-refractivity contribution in [1.29, 1.82) is 5.26 Å². The molecule has 5 heteroatoms. The SMILES string of the molecule is Cc1cc(C#N)cc(NC(=O)[C@H]2CCCO2)n1. The topological polar surface area (TPSA) is 75.0 Å². The Bertz CT molecular complexity index is 473. The highest BCUT2D eigenvalue weighted by molar-refractivity contribution is 5.93. The second kappa shape index (κ2) is 4.93. The van der Waals surface area contributed by atoms with E-state index in [1.54, 1.807) is 19.1 Å². The van der Waals surface area contributed by atoms with Gasteiger partial charge in [0, 0.05) is 12.3 Å². The zero-order chi connectivity index (χ0) is 12.3. The molecule has 1 fully saturated rings. The first-order valence-electron chi connectivity index (χ1n) is 5.50. The summed E-state index contributed by atoms with van der Waals surface area (Å²) in [6.45, 7) is 2.41. The number of nitriles is 1. The van der Waals surface area contributed by atoms with Crippen LogP contribution >= 0.6 is 0 Å². The van der Waals surface area contributed by atoms with Gasteiger partial charge in [-0.3, -0.25) is 4.79 Å². The zero-order valence-electron chi connectivity index (χ0n) is 9.56. The van der Waals surface area contributed by atoms with Crippen LogP contribution in [0.25, 0.3) is 0 Å². The lowest BCUT2D eigenvalue weighted by atomic mass is 10.2. The Morgan fingerprint density at radius 2 is 2.47 bits per heavy atom. The van der Waals surface area contributed by atoms with Gasteiger partial charge in [0.2, 0.25) is 0 Å². The smallest absolute Gasteiger partial charge is 0.254 e. The van der Waals surface area contributed by atoms with Crippen LogP contribution in [0.5, 0.6) is 0 Å². The van der Waals surface area contributed by atoms with E-state index in [1.807, 2.05) is 6.07 Å². The van der Waals surface area contributed by atoms with E-state index in [9.17, 15) is 4.79 Å². The van der Waals surface area contributed by atoms with Gasteiger partial charge in [-0.1, -0.05) is 0 Å². The Hall–Kier alpha value is -1.93. The number of nitrogens with one attached hydrogen (secondary N) is 1. The van der Waals surface area contributed by atoms with Gasteiger partial charge in [-0.15, -0.1) is 0 Å². The predicted molar refractivity (Wildman–Crippen MR) is 61.3 cm³/mol. The fourth-order valence-electron chi connectivity index (χ4n) is 1.79. The second-order valence-electron chi connectivity index (χ2n) is 3.99. The number of aryl methyl sites for hydroxylation is 1. The second-order valence-corrected chi connectivity index (χ2v) is 3.99. The van der Waals surface area contributed by atoms with Gasteiger partial charge in [0.05, 0.1) is 11.6 Å². The van der Waals surface area contributed by atoms with Gasteiger partial charge in [0.1, 0.15) is 11.9 Å². The predicted octanol–water partition coefficient (Wildman–Crippen LogP) is 1.38. The molecule has 1 aliphatic rings. The van der Waals surface area contributed by atoms with Crippen molar-refractivity contribution in [2.45, 2.75) is 25.9 Å². The third-order valence-electron chi connectivity index (χ3n) is 2.56. The van der Waals surface area contributed by atoms with Crippen molar-refractivity contribution in [1.82, 2.24) is 4.98 Å². The number of hydrogen-bond acceptors (Lipinski definition) is 4. The molecule has 1 aromatic rings. The summed E-state index contributed by atoms with van der Waals surface area (Å²) in [5.41, 5.74) is 1.19. The first-order chi connectivity index (χ1) is 8.19. The van der Waals surface area contributed by atoms with Gasteiger partial charge in [-0.2, -0.15) is 5.26 Å². The molecule has 17 heavy (non-hydrogen) atoms. The maximum Gasteiger partial charge on any atom is 0.254 e. The average Bonchev–Trinajstić information content (AvgIpc) is 2.81. The molecule has 1 atom stereocenters. The quantitative estimate of drug-likeness (QED) is 0.834. The van der Waals surface area contributed by atoms with Crippen molar-refractivity contribution in [2.24, 2.45) is 0 Å². The van der Waals surface area contributed by atoms with Gasteiger partial charge in [0.25, 0.3) is 5.91 Å². The van der Waals surface area contributed by atoms with Gasteiger partial charge in [-0.25, -0.2) is 4.98 Å². The number of hydrogen-bond donors (Lipinski definition) is 1. The van der Waals surface area contributed by atoms with Crippen LogP contribution in [-0.2, 0) is 9.53 Å². The first kappa shape index (κ1) is 11.6. The summed E-state index contributed by atoms with van der Waals surface area (Å²) in [4.78, 5) is 15.9. The van der Waals surface area contributed by atoms with Crippen LogP contribution in [0.15, 0.2) is 12.1 Å². The number of carbonyl (C=O) groups excluding carboxylic acids is 1. The maximum absolute atomic E-state index is 11.8. The largest absolute Gasteiger partial charge is 0.368 e. The molecule has 1 aromatic heterocycles. The number of amides is 1. The van der Waals surface area contributed by atoms with E-state index >= 15 is 0 Å². The summed E-state index contributed by atoms with van der Waals surface area (Å²) in [6, 6.07) is 5.25. The molecule has 2 rings (SSSR count). The molecule has 0 bridgehead atoms. The van der Waals surface area contributed by atoms with Gasteiger partial charge in [-0.05, 0) is 31.9 Å². The lowest BCUT2D eigenvalue weighted by Gasteiger charge is -2.10. The van der Waals surface area contributed by atoms with Crippen LogP contribution in [0.3, 0.4) is 0 Å². The summed E-state index contributed by atoms with van der Waals surface area (Å²) < 4.78 is 5.27. The minimum absolute atomic E-state index is 0.190. The maximum atomic E-state index is 11.8. The van der Waals surface area contributed by atoms with Crippen LogP contribution in [0, 0.1) is 18.3 Å². The Morgan fingerprint density at radius 1 is 1.65 bits per heavy atom. The van der Waals surface area contributed by atoms with Crippen LogP contribution in [-0.4, -0.2) is 23.6 Å². The molecule has 1 aliphatic heterocycles. The van der Waals surface area contributed by atoms with Crippen LogP contribution in [0.2, 0.25) is 0 Å². The van der Waals surface area contributed by atoms with Gasteiger partial charge in [0.15, 0.2) is 0 Å².